The zero-order valence-corrected chi connectivity index (χ0v) is 91.6. The molecule has 0 saturated heterocycles. The van der Waals surface area contributed by atoms with Crippen LogP contribution in [0, 0.1) is 221 Å². The smallest absolute Gasteiger partial charge is 0.312 e. The number of aliphatic carboxylic acids is 1. The molecular formula is C116H197N5O17S. The first kappa shape index (κ1) is 110. The minimum atomic E-state index is -3.19. The summed E-state index contributed by atoms with van der Waals surface area (Å²) in [5.74, 6) is 18.3. The molecule has 794 valence electrons. The highest BCUT2D eigenvalue weighted by Gasteiger charge is 2.71. The van der Waals surface area contributed by atoms with Crippen LogP contribution in [-0.4, -0.2) is 151 Å². The molecular weight excluding hydrogens is 1770 g/mol. The van der Waals surface area contributed by atoms with E-state index in [4.69, 9.17) is 48.1 Å². The number of hydrogen-bond donors (Lipinski definition) is 6. The number of carboxylic acids is 1. The minimum Gasteiger partial charge on any atom is -0.481 e. The third-order valence-corrected chi connectivity index (χ3v) is 47.6. The first-order chi connectivity index (χ1) is 65.9. The van der Waals surface area contributed by atoms with Crippen LogP contribution in [0.3, 0.4) is 0 Å². The number of anilines is 1. The number of nitrogens with zero attached hydrogens (tertiary/aromatic N) is 4. The summed E-state index contributed by atoms with van der Waals surface area (Å²) in [6.45, 7) is 45.1. The molecule has 0 amide bonds. The fourth-order valence-corrected chi connectivity index (χ4v) is 40.9. The Balaban J connectivity index is 0.000000141. The predicted molar refractivity (Wildman–Crippen MR) is 544 cm³/mol. The summed E-state index contributed by atoms with van der Waals surface area (Å²) in [5, 5.41) is 69.6. The van der Waals surface area contributed by atoms with Crippen molar-refractivity contribution in [3.63, 3.8) is 0 Å². The quantitative estimate of drug-likeness (QED) is 0.0313. The number of esters is 1. The van der Waals surface area contributed by atoms with Crippen LogP contribution in [0.25, 0.3) is 0 Å². The molecule has 18 rings (SSSR count). The first-order valence-electron chi connectivity index (χ1n) is 57.3. The van der Waals surface area contributed by atoms with E-state index in [1.165, 1.54) is 160 Å². The van der Waals surface area contributed by atoms with Gasteiger partial charge in [-0.3, -0.25) is 9.59 Å². The van der Waals surface area contributed by atoms with Crippen LogP contribution in [0.4, 0.5) is 6.01 Å². The van der Waals surface area contributed by atoms with Gasteiger partial charge in [0.15, 0.2) is 16.6 Å². The maximum atomic E-state index is 12.1. The Hall–Kier alpha value is -3.39. The number of aryl methyl sites for hydroxylation is 2. The molecule has 7 N–H and O–H groups in total. The summed E-state index contributed by atoms with van der Waals surface area (Å²) in [4.78, 5) is 23.3. The largest absolute Gasteiger partial charge is 0.481 e. The maximum Gasteiger partial charge on any atom is 0.312 e. The molecule has 44 atom stereocenters. The van der Waals surface area contributed by atoms with E-state index in [-0.39, 0.29) is 82.9 Å². The Morgan fingerprint density at radius 2 is 0.712 bits per heavy atom. The fraction of sp³-hybridized carbons (Fsp3) is 0.948. The number of ether oxygens (including phenoxy) is 6. The van der Waals surface area contributed by atoms with E-state index in [2.05, 4.69) is 145 Å². The lowest BCUT2D eigenvalue weighted by atomic mass is 9.41. The number of hydrogen-bond acceptors (Lipinski definition) is 21. The molecule has 0 aromatic carbocycles. The van der Waals surface area contributed by atoms with Crippen molar-refractivity contribution in [1.82, 2.24) is 20.4 Å². The first-order valence-corrected chi connectivity index (χ1v) is 59.4. The van der Waals surface area contributed by atoms with Gasteiger partial charge in [-0.15, -0.1) is 15.3 Å². The molecule has 16 aliphatic rings. The summed E-state index contributed by atoms with van der Waals surface area (Å²) in [7, 11) is 1.91. The lowest BCUT2D eigenvalue weighted by Crippen LogP contribution is -2.62. The van der Waals surface area contributed by atoms with Crippen LogP contribution >= 0.6 is 0 Å². The molecule has 22 nitrogen and oxygen atoms in total. The lowest BCUT2D eigenvalue weighted by molar-refractivity contribution is -0.231. The van der Waals surface area contributed by atoms with Gasteiger partial charge in [0.05, 0.1) is 36.6 Å². The summed E-state index contributed by atoms with van der Waals surface area (Å²) < 4.78 is 68.7. The minimum absolute atomic E-state index is 0.0551. The number of sulfone groups is 1. The average molecular weight is 1970 g/mol. The number of carbonyl (C=O) groups excluding carboxylic acids is 1. The zero-order valence-electron chi connectivity index (χ0n) is 90.8. The van der Waals surface area contributed by atoms with E-state index >= 15 is 0 Å². The van der Waals surface area contributed by atoms with E-state index < -0.39 is 15.8 Å². The summed E-state index contributed by atoms with van der Waals surface area (Å²) >= 11 is 0. The maximum absolute atomic E-state index is 12.1. The Kier molecular flexibility index (Phi) is 35.1. The topological polar surface area (TPSA) is 329 Å². The number of aromatic nitrogens is 4. The Morgan fingerprint density at radius 3 is 1.06 bits per heavy atom. The molecule has 2 aromatic rings. The highest BCUT2D eigenvalue weighted by atomic mass is 32.2. The standard InChI is InChI=1S/C31H54O5.C30H51N3O3.C29H48N2O5S.C26H44O4/c1-8-22-26-17-20(2)13-15-31(26,5)25-14-16-30(4)23(21(3)9-12-27(32)35-18-33-6)10-11-24(30)28(25)29(22)36-19-34-7;1-7-20-24-16-18(2)12-14-30(24,5)23-13-15-29(4)21(19(3)8-11-25-32-33-28(31)36-25)9-10-22(29)26(23)27(20)35-17-34-6;1-6-19-23-15-18(32)11-13-29(23,4)22-12-14-28(3)20(8-9-21(28)26(22)27(19)33)17(2)7-10-24-30-31-25(36-24)16-37(5,34)35;1-5-17-21-14-16(27)10-12-26(21,4)20-11-13-25(3)18(15(2)6-9-22(28)29)7-8-19(25)23(20)24(17)30/h20-26,28-29H,8-19H2,1-7H3;18-24,26-27H,7-17H2,1-6H3,(H2,31,33);17-23,26-27,32-33H,6-16H2,1-5H3;15-21,23-24,27,30H,5-14H2,1-4H3,(H,28,29)/t20-,21-,22-,23-,24?,25?,26+,28?,29-,30-,31-;18-,19-,20-,21-,22?,23?,24+,26?,27-,29-,30-;17-,18-,19-,20-,21?,22?,23+,26?,27-,28-,29-;15-,16-,17-,18-,19?,20?,21+,23?,24-,25-,26-/m1111/s1. The van der Waals surface area contributed by atoms with E-state index in [1.54, 1.807) is 21.3 Å². The second kappa shape index (κ2) is 44.4. The van der Waals surface area contributed by atoms with E-state index in [9.17, 15) is 38.4 Å². The van der Waals surface area contributed by atoms with Crippen LogP contribution < -0.4 is 5.73 Å². The van der Waals surface area contributed by atoms with Gasteiger partial charge >= 0.3 is 18.0 Å². The Bertz CT molecular complexity index is 4440. The van der Waals surface area contributed by atoms with Crippen molar-refractivity contribution >= 4 is 27.8 Å². The number of fused-ring (bicyclic) bond motifs is 20. The van der Waals surface area contributed by atoms with Crippen LogP contribution in [0.5, 0.6) is 0 Å². The lowest BCUT2D eigenvalue weighted by Gasteiger charge is -2.65. The highest BCUT2D eigenvalue weighted by molar-refractivity contribution is 7.89. The number of methoxy groups -OCH3 is 3. The average Bonchev–Trinajstić information content (AvgIpc) is 1.67. The summed E-state index contributed by atoms with van der Waals surface area (Å²) in [6.07, 6.45) is 45.6. The van der Waals surface area contributed by atoms with Crippen molar-refractivity contribution in [2.24, 2.45) is 221 Å². The van der Waals surface area contributed by atoms with Crippen molar-refractivity contribution in [3.8, 4) is 0 Å². The number of carboxylic acid groups (broad SMARTS) is 1. The molecule has 16 saturated carbocycles. The molecule has 0 aliphatic heterocycles. The highest BCUT2D eigenvalue weighted by Crippen LogP contribution is 2.76. The molecule has 16 fully saturated rings. The van der Waals surface area contributed by atoms with Crippen LogP contribution in [0.2, 0.25) is 0 Å². The molecule has 139 heavy (non-hydrogen) atoms. The van der Waals surface area contributed by atoms with Crippen LogP contribution in [0.15, 0.2) is 8.83 Å². The molecule has 0 bridgehead atoms. The van der Waals surface area contributed by atoms with Gasteiger partial charge < -0.3 is 68.5 Å². The molecule has 23 heteroatoms. The monoisotopic (exact) mass is 1960 g/mol. The van der Waals surface area contributed by atoms with Crippen molar-refractivity contribution < 1.29 is 80.8 Å². The number of carbonyl (C=O) groups is 2. The van der Waals surface area contributed by atoms with Crippen molar-refractivity contribution in [2.75, 3.05) is 53.7 Å². The van der Waals surface area contributed by atoms with Crippen molar-refractivity contribution in [2.45, 2.75) is 424 Å². The van der Waals surface area contributed by atoms with Gasteiger partial charge in [-0.05, 0) is 413 Å². The number of nitrogen functional groups attached to an aromatic ring is 1. The van der Waals surface area contributed by atoms with Gasteiger partial charge in [-0.1, -0.05) is 168 Å². The number of rotatable bonds is 30. The second-order valence-electron chi connectivity index (χ2n) is 53.1. The molecule has 0 radical (unpaired) electrons. The molecule has 12 unspecified atom stereocenters. The summed E-state index contributed by atoms with van der Waals surface area (Å²) in [6, 6.07) is 0.178. The van der Waals surface area contributed by atoms with Gasteiger partial charge in [0, 0.05) is 53.3 Å². The Morgan fingerprint density at radius 1 is 0.396 bits per heavy atom. The SMILES string of the molecule is CC[C@H]1[C@@H](O)C2C3CC[C@H]([C@H](C)CCC(=O)O)[C@@]3(C)CCC2[C@@]2(C)CC[C@@H](O)C[C@@H]12.CC[C@H]1[C@@H](O)C2C3CC[C@H]([C@H](C)CCc4nnc(CS(C)(=O)=O)o4)[C@@]3(C)CCC2[C@@]2(C)CC[C@@H](O)C[C@@H]12.CC[C@H]1[C@@H](OCOC)C2C3CC[C@H]([C@H](C)CCC(=O)OCOC)[C@@]3(C)CCC2[C@@]2(C)CC[C@@H](C)C[C@@H]12.CC[C@H]1[C@@H](OCOC)C2C3CC[C@H]([C@H](C)CCc4nnc(N)o4)[C@@]3(C)CCC2[C@@]2(C)CC[C@@H](C)C[C@@H]12. The van der Waals surface area contributed by atoms with Gasteiger partial charge in [-0.25, -0.2) is 8.42 Å². The van der Waals surface area contributed by atoms with E-state index in [0.717, 1.165) is 131 Å². The van der Waals surface area contributed by atoms with Gasteiger partial charge in [0.1, 0.15) is 19.3 Å². The molecule has 2 aromatic heterocycles. The predicted octanol–water partition coefficient (Wildman–Crippen LogP) is 23.8. The molecule has 0 spiro atoms. The zero-order chi connectivity index (χ0) is 100. The van der Waals surface area contributed by atoms with Gasteiger partial charge in [0.2, 0.25) is 17.7 Å². The van der Waals surface area contributed by atoms with Crippen LogP contribution in [0.1, 0.15) is 386 Å². The summed E-state index contributed by atoms with van der Waals surface area (Å²) in [5.41, 5.74) is 8.22. The Labute approximate surface area is 840 Å². The van der Waals surface area contributed by atoms with E-state index in [1.807, 2.05) is 0 Å². The van der Waals surface area contributed by atoms with Crippen LogP contribution in [-0.2, 0) is 66.4 Å². The fourth-order valence-electron chi connectivity index (χ4n) is 40.3. The number of aliphatic hydroxyl groups excluding tert-OH is 4. The third kappa shape index (κ3) is 21.0. The number of nitrogens with two attached hydrogens (primary N) is 1. The number of aliphatic hydroxyl groups is 4. The van der Waals surface area contributed by atoms with E-state index in [0.29, 0.717) is 202 Å². The van der Waals surface area contributed by atoms with Crippen molar-refractivity contribution in [1.29, 1.82) is 0 Å². The second-order valence-corrected chi connectivity index (χ2v) is 55.2. The third-order valence-electron chi connectivity index (χ3n) is 46.8. The van der Waals surface area contributed by atoms with Gasteiger partial charge in [-0.2, -0.15) is 0 Å². The molecule has 16 aliphatic carbocycles. The van der Waals surface area contributed by atoms with Gasteiger partial charge in [0.25, 0.3) is 0 Å². The van der Waals surface area contributed by atoms with Crippen molar-refractivity contribution in [3.05, 3.63) is 17.7 Å². The molecule has 2 heterocycles. The normalized spacial score (nSPS) is 46.3.